The predicted molar refractivity (Wildman–Crippen MR) is 114 cm³/mol. The third-order valence-electron chi connectivity index (χ3n) is 4.48. The van der Waals surface area contributed by atoms with Crippen molar-refractivity contribution < 1.29 is 24.5 Å². The van der Waals surface area contributed by atoms with Crippen molar-refractivity contribution in [1.29, 1.82) is 0 Å². The van der Waals surface area contributed by atoms with Crippen LogP contribution in [0, 0.1) is 0 Å². The Morgan fingerprint density at radius 1 is 1.15 bits per heavy atom. The number of ketones is 1. The molecule has 0 aliphatic rings. The van der Waals surface area contributed by atoms with Crippen LogP contribution in [0.2, 0.25) is 0 Å². The monoisotopic (exact) mass is 495 g/mol. The van der Waals surface area contributed by atoms with Gasteiger partial charge in [-0.15, -0.1) is 0 Å². The number of phenolic OH excluding ortho intramolecular Hbond substituents is 3. The lowest BCUT2D eigenvalue weighted by atomic mass is 9.88. The fourth-order valence-corrected chi connectivity index (χ4v) is 4.29. The molecule has 140 valence electrons. The number of hydrogen-bond donors (Lipinski definition) is 4. The minimum absolute atomic E-state index is 0.0192. The van der Waals surface area contributed by atoms with Crippen molar-refractivity contribution >= 4 is 67.6 Å². The van der Waals surface area contributed by atoms with E-state index in [0.29, 0.717) is 32.3 Å². The van der Waals surface area contributed by atoms with Crippen LogP contribution in [-0.2, 0) is 6.42 Å². The Morgan fingerprint density at radius 2 is 1.74 bits per heavy atom. The molecule has 3 aromatic rings. The average Bonchev–Trinajstić information content (AvgIpc) is 3.03. The molecule has 0 atom stereocenters. The third-order valence-corrected chi connectivity index (χ3v) is 5.69. The zero-order valence-electron chi connectivity index (χ0n) is 14.8. The van der Waals surface area contributed by atoms with Crippen molar-refractivity contribution in [2.24, 2.45) is 0 Å². The summed E-state index contributed by atoms with van der Waals surface area (Å²) in [5.41, 5.74) is 1.28. The van der Waals surface area contributed by atoms with Crippen molar-refractivity contribution in [2.45, 2.75) is 13.3 Å². The second-order valence-corrected chi connectivity index (χ2v) is 7.73. The average molecular weight is 497 g/mol. The van der Waals surface area contributed by atoms with E-state index < -0.39 is 5.78 Å². The van der Waals surface area contributed by atoms with Crippen LogP contribution in [0.25, 0.3) is 11.0 Å². The van der Waals surface area contributed by atoms with Crippen molar-refractivity contribution in [3.05, 3.63) is 38.0 Å². The van der Waals surface area contributed by atoms with Gasteiger partial charge in [0.1, 0.15) is 25.1 Å². The zero-order valence-corrected chi connectivity index (χ0v) is 17.9. The molecular weight excluding hydrogens is 481 g/mol. The van der Waals surface area contributed by atoms with Gasteiger partial charge in [-0.3, -0.25) is 4.79 Å². The molecule has 0 fully saturated rings. The molecular formula is C18H16BBr2NO5. The van der Waals surface area contributed by atoms with Crippen molar-refractivity contribution in [1.82, 2.24) is 0 Å². The molecule has 0 aliphatic heterocycles. The quantitative estimate of drug-likeness (QED) is 0.191. The van der Waals surface area contributed by atoms with E-state index in [1.54, 1.807) is 14.9 Å². The number of benzene rings is 2. The van der Waals surface area contributed by atoms with Crippen LogP contribution < -0.4 is 10.8 Å². The smallest absolute Gasteiger partial charge is 0.197 e. The van der Waals surface area contributed by atoms with Gasteiger partial charge >= 0.3 is 0 Å². The Bertz CT molecular complexity index is 1070. The molecule has 3 rings (SSSR count). The van der Waals surface area contributed by atoms with Gasteiger partial charge < -0.3 is 25.1 Å². The molecule has 9 heteroatoms. The fraction of sp³-hybridized carbons (Fsp3) is 0.167. The first-order valence-corrected chi connectivity index (χ1v) is 9.71. The van der Waals surface area contributed by atoms with Gasteiger partial charge in [-0.05, 0) is 49.5 Å². The molecule has 0 saturated carbocycles. The largest absolute Gasteiger partial charge is 0.508 e. The van der Waals surface area contributed by atoms with Crippen LogP contribution in [0.4, 0.5) is 5.69 Å². The molecule has 0 saturated heterocycles. The summed E-state index contributed by atoms with van der Waals surface area (Å²) in [4.78, 5) is 13.3. The van der Waals surface area contributed by atoms with Crippen LogP contribution in [-0.4, -0.2) is 36.0 Å². The highest BCUT2D eigenvalue weighted by molar-refractivity contribution is 9.11. The number of fused-ring (bicyclic) bond motifs is 1. The summed E-state index contributed by atoms with van der Waals surface area (Å²) in [7, 11) is 3.26. The topological polar surface area (TPSA) is 103 Å². The standard InChI is InChI=1S/C18H16BBr2NO5/c1-3-9-10(14(23)6-4-7(20)15(24)8(21)5-6)11-16(25)12(19)13(22-2)17(26)18(11)27-9/h4-5,22,24-26H,3,19H2,1-2H3. The Balaban J connectivity index is 2.36. The Morgan fingerprint density at radius 3 is 2.26 bits per heavy atom. The van der Waals surface area contributed by atoms with E-state index >= 15 is 0 Å². The normalized spacial score (nSPS) is 11.1. The lowest BCUT2D eigenvalue weighted by Crippen LogP contribution is -2.12. The molecule has 2 aromatic carbocycles. The summed E-state index contributed by atoms with van der Waals surface area (Å²) >= 11 is 6.43. The number of rotatable bonds is 4. The minimum atomic E-state index is -0.390. The van der Waals surface area contributed by atoms with Gasteiger partial charge in [-0.2, -0.15) is 0 Å². The van der Waals surface area contributed by atoms with Gasteiger partial charge in [0.25, 0.3) is 0 Å². The van der Waals surface area contributed by atoms with Gasteiger partial charge in [-0.25, -0.2) is 0 Å². The molecule has 0 bridgehead atoms. The molecule has 4 N–H and O–H groups in total. The molecule has 27 heavy (non-hydrogen) atoms. The summed E-state index contributed by atoms with van der Waals surface area (Å²) in [6.07, 6.45) is 0.392. The van der Waals surface area contributed by atoms with Crippen LogP contribution in [0.5, 0.6) is 17.2 Å². The van der Waals surface area contributed by atoms with E-state index in [1.807, 2.05) is 6.92 Å². The predicted octanol–water partition coefficient (Wildman–Crippen LogP) is 3.17. The van der Waals surface area contributed by atoms with E-state index in [9.17, 15) is 20.1 Å². The van der Waals surface area contributed by atoms with Gasteiger partial charge in [-0.1, -0.05) is 6.92 Å². The summed E-state index contributed by atoms with van der Waals surface area (Å²) in [6.45, 7) is 1.82. The van der Waals surface area contributed by atoms with Gasteiger partial charge in [0.15, 0.2) is 17.1 Å². The van der Waals surface area contributed by atoms with Crippen molar-refractivity contribution in [2.75, 3.05) is 12.4 Å². The summed E-state index contributed by atoms with van der Waals surface area (Å²) in [5.74, 6) is -0.346. The number of aromatic hydroxyl groups is 3. The van der Waals surface area contributed by atoms with Crippen molar-refractivity contribution in [3.63, 3.8) is 0 Å². The van der Waals surface area contributed by atoms with Gasteiger partial charge in [0, 0.05) is 19.0 Å². The highest BCUT2D eigenvalue weighted by atomic mass is 79.9. The molecule has 1 aromatic heterocycles. The van der Waals surface area contributed by atoms with E-state index in [-0.39, 0.29) is 39.3 Å². The number of carbonyl (C=O) groups excluding carboxylic acids is 1. The summed E-state index contributed by atoms with van der Waals surface area (Å²) in [6, 6.07) is 2.98. The summed E-state index contributed by atoms with van der Waals surface area (Å²) < 4.78 is 6.45. The van der Waals surface area contributed by atoms with Gasteiger partial charge in [0.2, 0.25) is 0 Å². The molecule has 6 nitrogen and oxygen atoms in total. The number of carbonyl (C=O) groups is 1. The number of aryl methyl sites for hydroxylation is 1. The van der Waals surface area contributed by atoms with E-state index in [4.69, 9.17) is 4.42 Å². The molecule has 0 radical (unpaired) electrons. The minimum Gasteiger partial charge on any atom is -0.508 e. The SMILES string of the molecule is Bc1c(NC)c(O)c2oc(CC)c(C(=O)c3cc(Br)c(O)c(Br)c3)c2c1O. The summed E-state index contributed by atoms with van der Waals surface area (Å²) in [5, 5.41) is 34.1. The maximum Gasteiger partial charge on any atom is 0.197 e. The maximum atomic E-state index is 13.3. The van der Waals surface area contributed by atoms with Crippen LogP contribution in [0.3, 0.4) is 0 Å². The number of phenols is 3. The molecule has 1 heterocycles. The van der Waals surface area contributed by atoms with E-state index in [0.717, 1.165) is 0 Å². The first kappa shape index (κ1) is 19.6. The van der Waals surface area contributed by atoms with Crippen LogP contribution in [0.1, 0.15) is 28.6 Å². The first-order chi connectivity index (χ1) is 12.7. The number of hydrogen-bond acceptors (Lipinski definition) is 6. The lowest BCUT2D eigenvalue weighted by molar-refractivity contribution is 0.103. The van der Waals surface area contributed by atoms with Gasteiger partial charge in [0.05, 0.1) is 25.6 Å². The lowest BCUT2D eigenvalue weighted by Gasteiger charge is -2.11. The van der Waals surface area contributed by atoms with Crippen LogP contribution >= 0.6 is 31.9 Å². The Hall–Kier alpha value is -2.13. The number of nitrogens with one attached hydrogen (secondary N) is 1. The van der Waals surface area contributed by atoms with Crippen molar-refractivity contribution in [3.8, 4) is 17.2 Å². The number of halogens is 2. The molecule has 0 unspecified atom stereocenters. The Kier molecular flexibility index (Phi) is 5.18. The molecule has 0 spiro atoms. The number of furan rings is 1. The second-order valence-electron chi connectivity index (χ2n) is 6.02. The maximum absolute atomic E-state index is 13.3. The highest BCUT2D eigenvalue weighted by Crippen LogP contribution is 2.43. The fourth-order valence-electron chi connectivity index (χ4n) is 3.10. The van der Waals surface area contributed by atoms with Crippen LogP contribution in [0.15, 0.2) is 25.5 Å². The zero-order chi connectivity index (χ0) is 20.0. The highest BCUT2D eigenvalue weighted by Gasteiger charge is 2.29. The third kappa shape index (κ3) is 2.98. The second kappa shape index (κ2) is 7.12. The molecule has 0 aliphatic carbocycles. The first-order valence-electron chi connectivity index (χ1n) is 8.13. The Labute approximate surface area is 172 Å². The number of anilines is 1. The van der Waals surface area contributed by atoms with E-state index in [1.165, 1.54) is 12.1 Å². The molecule has 0 amide bonds. The van der Waals surface area contributed by atoms with E-state index in [2.05, 4.69) is 37.2 Å².